The molecule has 1 heterocycles. The zero-order valence-electron chi connectivity index (χ0n) is 11.7. The van der Waals surface area contributed by atoms with Crippen molar-refractivity contribution >= 4 is 27.5 Å². The highest BCUT2D eigenvalue weighted by Gasteiger charge is 2.08. The van der Waals surface area contributed by atoms with Gasteiger partial charge >= 0.3 is 0 Å². The van der Waals surface area contributed by atoms with Crippen LogP contribution in [0.1, 0.15) is 16.2 Å². The van der Waals surface area contributed by atoms with Crippen LogP contribution in [0.25, 0.3) is 11.4 Å². The molecule has 0 fully saturated rings. The molecule has 22 heavy (non-hydrogen) atoms. The Labute approximate surface area is 135 Å². The van der Waals surface area contributed by atoms with Gasteiger partial charge in [0.15, 0.2) is 0 Å². The lowest BCUT2D eigenvalue weighted by Crippen LogP contribution is -2.11. The van der Waals surface area contributed by atoms with E-state index in [1.54, 1.807) is 31.2 Å². The minimum Gasteiger partial charge on any atom is -0.339 e. The summed E-state index contributed by atoms with van der Waals surface area (Å²) >= 11 is 3.34. The van der Waals surface area contributed by atoms with E-state index in [0.717, 1.165) is 10.0 Å². The maximum Gasteiger partial charge on any atom is 0.255 e. The molecular weight excluding hydrogens is 346 g/mol. The molecule has 2 aromatic carbocycles. The quantitative estimate of drug-likeness (QED) is 0.767. The number of aryl methyl sites for hydroxylation is 1. The molecule has 1 N–H and O–H groups in total. The van der Waals surface area contributed by atoms with Crippen molar-refractivity contribution in [1.29, 1.82) is 0 Å². The Morgan fingerprint density at radius 2 is 1.77 bits per heavy atom. The zero-order chi connectivity index (χ0) is 15.5. The number of aromatic nitrogens is 2. The SMILES string of the molecule is Cc1nc(-c2ccc(NC(=O)c3ccc(Br)cc3)cc2)no1. The number of benzene rings is 2. The first-order valence-corrected chi connectivity index (χ1v) is 7.39. The van der Waals surface area contributed by atoms with Gasteiger partial charge in [-0.2, -0.15) is 4.98 Å². The molecule has 0 saturated heterocycles. The number of rotatable bonds is 3. The Morgan fingerprint density at radius 3 is 2.36 bits per heavy atom. The van der Waals surface area contributed by atoms with Gasteiger partial charge in [0, 0.05) is 28.2 Å². The number of nitrogens with zero attached hydrogens (tertiary/aromatic N) is 2. The maximum absolute atomic E-state index is 12.1. The summed E-state index contributed by atoms with van der Waals surface area (Å²) in [6.07, 6.45) is 0. The van der Waals surface area contributed by atoms with E-state index in [4.69, 9.17) is 4.52 Å². The minimum atomic E-state index is -0.157. The molecule has 3 rings (SSSR count). The van der Waals surface area contributed by atoms with Crippen molar-refractivity contribution in [3.05, 3.63) is 64.5 Å². The van der Waals surface area contributed by atoms with Crippen LogP contribution in [-0.4, -0.2) is 16.0 Å². The summed E-state index contributed by atoms with van der Waals surface area (Å²) in [7, 11) is 0. The van der Waals surface area contributed by atoms with Gasteiger partial charge in [-0.05, 0) is 48.5 Å². The Hall–Kier alpha value is -2.47. The Bertz CT molecular complexity index is 795. The van der Waals surface area contributed by atoms with E-state index in [-0.39, 0.29) is 5.91 Å². The van der Waals surface area contributed by atoms with Crippen molar-refractivity contribution in [3.63, 3.8) is 0 Å². The third kappa shape index (κ3) is 3.23. The molecule has 0 bridgehead atoms. The second-order valence-corrected chi connectivity index (χ2v) is 5.59. The summed E-state index contributed by atoms with van der Waals surface area (Å²) in [6, 6.07) is 14.5. The lowest BCUT2D eigenvalue weighted by atomic mass is 10.1. The molecule has 0 aliphatic heterocycles. The van der Waals surface area contributed by atoms with Crippen molar-refractivity contribution in [3.8, 4) is 11.4 Å². The highest BCUT2D eigenvalue weighted by molar-refractivity contribution is 9.10. The van der Waals surface area contributed by atoms with Crippen LogP contribution in [0.5, 0.6) is 0 Å². The first kappa shape index (κ1) is 14.5. The summed E-state index contributed by atoms with van der Waals surface area (Å²) < 4.78 is 5.88. The normalized spacial score (nSPS) is 10.5. The van der Waals surface area contributed by atoms with E-state index in [2.05, 4.69) is 31.4 Å². The van der Waals surface area contributed by atoms with Gasteiger partial charge < -0.3 is 9.84 Å². The van der Waals surface area contributed by atoms with Crippen LogP contribution in [-0.2, 0) is 0 Å². The number of carbonyl (C=O) groups excluding carboxylic acids is 1. The number of hydrogen-bond acceptors (Lipinski definition) is 4. The fraction of sp³-hybridized carbons (Fsp3) is 0.0625. The van der Waals surface area contributed by atoms with Crippen molar-refractivity contribution in [2.75, 3.05) is 5.32 Å². The molecule has 0 spiro atoms. The second-order valence-electron chi connectivity index (χ2n) is 4.68. The molecule has 3 aromatic rings. The average Bonchev–Trinajstić information content (AvgIpc) is 2.95. The lowest BCUT2D eigenvalue weighted by molar-refractivity contribution is 0.102. The molecule has 1 amide bonds. The van der Waals surface area contributed by atoms with E-state index in [9.17, 15) is 4.79 Å². The van der Waals surface area contributed by atoms with E-state index < -0.39 is 0 Å². The van der Waals surface area contributed by atoms with E-state index in [1.807, 2.05) is 24.3 Å². The highest BCUT2D eigenvalue weighted by Crippen LogP contribution is 2.19. The average molecular weight is 358 g/mol. The molecule has 0 saturated carbocycles. The summed E-state index contributed by atoms with van der Waals surface area (Å²) in [4.78, 5) is 16.3. The molecule has 0 unspecified atom stereocenters. The van der Waals surface area contributed by atoms with Crippen molar-refractivity contribution in [1.82, 2.24) is 10.1 Å². The predicted octanol–water partition coefficient (Wildman–Crippen LogP) is 4.06. The number of carbonyl (C=O) groups is 1. The fourth-order valence-corrected chi connectivity index (χ4v) is 2.19. The van der Waals surface area contributed by atoms with Gasteiger partial charge in [-0.15, -0.1) is 0 Å². The van der Waals surface area contributed by atoms with Crippen LogP contribution in [0.15, 0.2) is 57.5 Å². The summed E-state index contributed by atoms with van der Waals surface area (Å²) in [6.45, 7) is 1.74. The van der Waals surface area contributed by atoms with Gasteiger partial charge in [-0.1, -0.05) is 21.1 Å². The van der Waals surface area contributed by atoms with Crippen LogP contribution in [0.3, 0.4) is 0 Å². The van der Waals surface area contributed by atoms with Crippen LogP contribution in [0.4, 0.5) is 5.69 Å². The number of halogens is 1. The molecule has 0 aliphatic rings. The van der Waals surface area contributed by atoms with E-state index in [0.29, 0.717) is 23.0 Å². The third-order valence-electron chi connectivity index (χ3n) is 3.03. The lowest BCUT2D eigenvalue weighted by Gasteiger charge is -2.05. The maximum atomic E-state index is 12.1. The number of amides is 1. The van der Waals surface area contributed by atoms with Crippen molar-refractivity contribution in [2.45, 2.75) is 6.92 Å². The standard InChI is InChI=1S/C16H12BrN3O2/c1-10-18-15(20-22-10)11-4-8-14(9-5-11)19-16(21)12-2-6-13(17)7-3-12/h2-9H,1H3,(H,19,21). The Kier molecular flexibility index (Phi) is 4.02. The molecule has 5 nitrogen and oxygen atoms in total. The van der Waals surface area contributed by atoms with Crippen molar-refractivity contribution < 1.29 is 9.32 Å². The van der Waals surface area contributed by atoms with Gasteiger partial charge in [0.1, 0.15) is 0 Å². The fourth-order valence-electron chi connectivity index (χ4n) is 1.92. The molecule has 0 atom stereocenters. The van der Waals surface area contributed by atoms with Crippen LogP contribution >= 0.6 is 15.9 Å². The predicted molar refractivity (Wildman–Crippen MR) is 86.6 cm³/mol. The zero-order valence-corrected chi connectivity index (χ0v) is 13.3. The molecule has 6 heteroatoms. The van der Waals surface area contributed by atoms with Gasteiger partial charge in [-0.3, -0.25) is 4.79 Å². The number of hydrogen-bond donors (Lipinski definition) is 1. The second kappa shape index (κ2) is 6.11. The summed E-state index contributed by atoms with van der Waals surface area (Å²) in [5, 5.41) is 6.70. The first-order chi connectivity index (χ1) is 10.6. The topological polar surface area (TPSA) is 68.0 Å². The van der Waals surface area contributed by atoms with E-state index in [1.165, 1.54) is 0 Å². The third-order valence-corrected chi connectivity index (χ3v) is 3.56. The van der Waals surface area contributed by atoms with Crippen molar-refractivity contribution in [2.24, 2.45) is 0 Å². The Morgan fingerprint density at radius 1 is 1.09 bits per heavy atom. The Balaban J connectivity index is 1.73. The largest absolute Gasteiger partial charge is 0.339 e. The van der Waals surface area contributed by atoms with Crippen LogP contribution in [0.2, 0.25) is 0 Å². The molecule has 0 radical (unpaired) electrons. The molecule has 0 aliphatic carbocycles. The smallest absolute Gasteiger partial charge is 0.255 e. The molecule has 1 aromatic heterocycles. The van der Waals surface area contributed by atoms with E-state index >= 15 is 0 Å². The minimum absolute atomic E-state index is 0.157. The van der Waals surface area contributed by atoms with Gasteiger partial charge in [-0.25, -0.2) is 0 Å². The summed E-state index contributed by atoms with van der Waals surface area (Å²) in [5.41, 5.74) is 2.14. The van der Waals surface area contributed by atoms with Gasteiger partial charge in [0.25, 0.3) is 5.91 Å². The monoisotopic (exact) mass is 357 g/mol. The molecular formula is C16H12BrN3O2. The van der Waals surface area contributed by atoms with Crippen LogP contribution < -0.4 is 5.32 Å². The number of nitrogens with one attached hydrogen (secondary N) is 1. The summed E-state index contributed by atoms with van der Waals surface area (Å²) in [5.74, 6) is 0.890. The first-order valence-electron chi connectivity index (χ1n) is 6.59. The molecule has 110 valence electrons. The number of anilines is 1. The van der Waals surface area contributed by atoms with Gasteiger partial charge in [0.2, 0.25) is 11.7 Å². The van der Waals surface area contributed by atoms with Crippen LogP contribution in [0, 0.1) is 6.92 Å². The highest BCUT2D eigenvalue weighted by atomic mass is 79.9. The van der Waals surface area contributed by atoms with Gasteiger partial charge in [0.05, 0.1) is 0 Å².